The summed E-state index contributed by atoms with van der Waals surface area (Å²) < 4.78 is 0.279. The van der Waals surface area contributed by atoms with Gasteiger partial charge < -0.3 is 10.8 Å². The fourth-order valence-electron chi connectivity index (χ4n) is 1.41. The molecule has 0 radical (unpaired) electrons. The lowest BCUT2D eigenvalue weighted by molar-refractivity contribution is -0.385. The van der Waals surface area contributed by atoms with Crippen molar-refractivity contribution in [2.75, 3.05) is 0 Å². The number of nitrogens with zero attached hydrogens (tertiary/aromatic N) is 1. The molecule has 1 rings (SSSR count). The Labute approximate surface area is 108 Å². The minimum Gasteiger partial charge on any atom is -0.506 e. The van der Waals surface area contributed by atoms with Gasteiger partial charge in [-0.2, -0.15) is 0 Å². The summed E-state index contributed by atoms with van der Waals surface area (Å²) in [7, 11) is 0. The first-order chi connectivity index (χ1) is 7.64. The van der Waals surface area contributed by atoms with Crippen LogP contribution in [0.5, 0.6) is 5.75 Å². The van der Waals surface area contributed by atoms with E-state index in [-0.39, 0.29) is 21.3 Å². The van der Waals surface area contributed by atoms with Gasteiger partial charge in [0.05, 0.1) is 9.40 Å². The van der Waals surface area contributed by atoms with Gasteiger partial charge in [0.2, 0.25) is 0 Å². The lowest BCUT2D eigenvalue weighted by Gasteiger charge is -2.28. The molecular formula is C11H15BrN2O3. The van der Waals surface area contributed by atoms with Crippen LogP contribution in [0, 0.1) is 15.5 Å². The Morgan fingerprint density at radius 2 is 2.00 bits per heavy atom. The molecule has 3 N–H and O–H groups in total. The maximum atomic E-state index is 10.8. The minimum atomic E-state index is -0.511. The van der Waals surface area contributed by atoms with Gasteiger partial charge in [0.15, 0.2) is 0 Å². The number of nitro groups is 1. The number of non-ortho nitro benzene ring substituents is 1. The zero-order valence-corrected chi connectivity index (χ0v) is 11.5. The Balaban J connectivity index is 3.37. The van der Waals surface area contributed by atoms with E-state index >= 15 is 0 Å². The molecular weight excluding hydrogens is 288 g/mol. The number of nitrogens with two attached hydrogens (primary N) is 1. The zero-order valence-electron chi connectivity index (χ0n) is 9.90. The van der Waals surface area contributed by atoms with Gasteiger partial charge in [0, 0.05) is 23.7 Å². The van der Waals surface area contributed by atoms with Crippen LogP contribution in [0.15, 0.2) is 16.6 Å². The van der Waals surface area contributed by atoms with Crippen LogP contribution in [0.2, 0.25) is 0 Å². The van der Waals surface area contributed by atoms with Gasteiger partial charge in [-0.25, -0.2) is 0 Å². The largest absolute Gasteiger partial charge is 0.506 e. The number of benzene rings is 1. The first kappa shape index (κ1) is 13.9. The van der Waals surface area contributed by atoms with E-state index in [1.165, 1.54) is 12.1 Å². The second-order valence-electron chi connectivity index (χ2n) is 4.97. The van der Waals surface area contributed by atoms with Gasteiger partial charge >= 0.3 is 0 Å². The van der Waals surface area contributed by atoms with Crippen molar-refractivity contribution in [1.82, 2.24) is 0 Å². The highest BCUT2D eigenvalue weighted by molar-refractivity contribution is 9.10. The predicted octanol–water partition coefficient (Wildman–Crippen LogP) is 3.11. The van der Waals surface area contributed by atoms with Crippen LogP contribution in [-0.2, 0) is 0 Å². The van der Waals surface area contributed by atoms with Gasteiger partial charge in [-0.15, -0.1) is 0 Å². The topological polar surface area (TPSA) is 89.4 Å². The molecule has 0 aromatic heterocycles. The number of aromatic hydroxyl groups is 1. The monoisotopic (exact) mass is 302 g/mol. The summed E-state index contributed by atoms with van der Waals surface area (Å²) >= 11 is 3.09. The summed E-state index contributed by atoms with van der Waals surface area (Å²) in [5, 5.41) is 20.6. The highest BCUT2D eigenvalue weighted by atomic mass is 79.9. The Hall–Kier alpha value is -1.14. The summed E-state index contributed by atoms with van der Waals surface area (Å²) in [6.45, 7) is 5.72. The smallest absolute Gasteiger partial charge is 0.271 e. The molecule has 0 bridgehead atoms. The molecule has 0 fully saturated rings. The van der Waals surface area contributed by atoms with Crippen molar-refractivity contribution in [3.8, 4) is 5.75 Å². The molecule has 0 spiro atoms. The quantitative estimate of drug-likeness (QED) is 0.649. The first-order valence-corrected chi connectivity index (χ1v) is 5.86. The molecule has 1 atom stereocenters. The summed E-state index contributed by atoms with van der Waals surface area (Å²) in [5.41, 5.74) is 5.99. The molecule has 0 heterocycles. The van der Waals surface area contributed by atoms with E-state index in [0.717, 1.165) is 0 Å². The summed E-state index contributed by atoms with van der Waals surface area (Å²) in [6.07, 6.45) is 0. The van der Waals surface area contributed by atoms with Gasteiger partial charge in [-0.3, -0.25) is 10.1 Å². The van der Waals surface area contributed by atoms with Crippen LogP contribution in [0.4, 0.5) is 5.69 Å². The molecule has 0 unspecified atom stereocenters. The molecule has 0 aliphatic heterocycles. The van der Waals surface area contributed by atoms with Crippen molar-refractivity contribution < 1.29 is 10.0 Å². The number of hydrogen-bond donors (Lipinski definition) is 2. The number of hydrogen-bond acceptors (Lipinski definition) is 4. The SMILES string of the molecule is CC(C)(C)[C@H](N)c1cc([N+](=O)[O-])cc(Br)c1O. The summed E-state index contributed by atoms with van der Waals surface area (Å²) in [4.78, 5) is 10.2. The van der Waals surface area contributed by atoms with E-state index in [1.807, 2.05) is 20.8 Å². The van der Waals surface area contributed by atoms with E-state index in [1.54, 1.807) is 0 Å². The highest BCUT2D eigenvalue weighted by Gasteiger charge is 2.27. The van der Waals surface area contributed by atoms with Crippen molar-refractivity contribution in [2.45, 2.75) is 26.8 Å². The molecule has 0 aliphatic carbocycles. The number of phenols is 1. The van der Waals surface area contributed by atoms with E-state index in [9.17, 15) is 15.2 Å². The molecule has 1 aromatic rings. The minimum absolute atomic E-state index is 0.0435. The summed E-state index contributed by atoms with van der Waals surface area (Å²) in [6, 6.07) is 2.09. The Morgan fingerprint density at radius 1 is 1.47 bits per heavy atom. The van der Waals surface area contributed by atoms with Crippen LogP contribution < -0.4 is 5.73 Å². The van der Waals surface area contributed by atoms with E-state index < -0.39 is 11.0 Å². The standard InChI is InChI=1S/C11H15BrN2O3/c1-11(2,3)10(13)7-4-6(14(16)17)5-8(12)9(7)15/h4-5,10,15H,13H2,1-3H3/t10-/m1/s1. The fourth-order valence-corrected chi connectivity index (χ4v) is 1.88. The Kier molecular flexibility index (Phi) is 3.78. The second kappa shape index (κ2) is 4.62. The number of halogens is 1. The molecule has 94 valence electrons. The van der Waals surface area contributed by atoms with E-state index in [4.69, 9.17) is 5.73 Å². The van der Waals surface area contributed by atoms with Crippen molar-refractivity contribution in [1.29, 1.82) is 0 Å². The van der Waals surface area contributed by atoms with Crippen LogP contribution in [0.1, 0.15) is 32.4 Å². The average molecular weight is 303 g/mol. The maximum Gasteiger partial charge on any atom is 0.271 e. The van der Waals surface area contributed by atoms with Gasteiger partial charge in [-0.1, -0.05) is 20.8 Å². The van der Waals surface area contributed by atoms with Gasteiger partial charge in [0.25, 0.3) is 5.69 Å². The number of rotatable bonds is 2. The number of nitro benzene ring substituents is 1. The third kappa shape index (κ3) is 2.95. The molecule has 17 heavy (non-hydrogen) atoms. The van der Waals surface area contributed by atoms with Crippen molar-refractivity contribution in [3.05, 3.63) is 32.3 Å². The molecule has 0 aliphatic rings. The lowest BCUT2D eigenvalue weighted by atomic mass is 9.82. The third-order valence-corrected chi connectivity index (χ3v) is 3.16. The van der Waals surface area contributed by atoms with Gasteiger partial charge in [0.1, 0.15) is 5.75 Å². The summed E-state index contributed by atoms with van der Waals surface area (Å²) in [5.74, 6) is -0.0435. The number of phenolic OH excluding ortho intramolecular Hbond substituents is 1. The Morgan fingerprint density at radius 3 is 2.41 bits per heavy atom. The van der Waals surface area contributed by atoms with Crippen LogP contribution in [0.25, 0.3) is 0 Å². The van der Waals surface area contributed by atoms with Crippen LogP contribution in [0.3, 0.4) is 0 Å². The molecule has 1 aromatic carbocycles. The Bertz CT molecular complexity index is 455. The molecule has 0 saturated heterocycles. The predicted molar refractivity (Wildman–Crippen MR) is 68.8 cm³/mol. The third-order valence-electron chi connectivity index (χ3n) is 2.56. The van der Waals surface area contributed by atoms with E-state index in [0.29, 0.717) is 5.56 Å². The van der Waals surface area contributed by atoms with Crippen molar-refractivity contribution >= 4 is 21.6 Å². The highest BCUT2D eigenvalue weighted by Crippen LogP contribution is 2.40. The molecule has 0 amide bonds. The van der Waals surface area contributed by atoms with Gasteiger partial charge in [-0.05, 0) is 21.3 Å². The normalized spacial score (nSPS) is 13.5. The first-order valence-electron chi connectivity index (χ1n) is 5.07. The van der Waals surface area contributed by atoms with Crippen LogP contribution >= 0.6 is 15.9 Å². The average Bonchev–Trinajstić information content (AvgIpc) is 2.19. The molecule has 5 nitrogen and oxygen atoms in total. The fraction of sp³-hybridized carbons (Fsp3) is 0.455. The molecule has 6 heteroatoms. The van der Waals surface area contributed by atoms with Crippen molar-refractivity contribution in [3.63, 3.8) is 0 Å². The van der Waals surface area contributed by atoms with Crippen molar-refractivity contribution in [2.24, 2.45) is 11.1 Å². The van der Waals surface area contributed by atoms with Crippen LogP contribution in [-0.4, -0.2) is 10.0 Å². The second-order valence-corrected chi connectivity index (χ2v) is 5.82. The zero-order chi connectivity index (χ0) is 13.4. The van der Waals surface area contributed by atoms with E-state index in [2.05, 4.69) is 15.9 Å². The molecule has 0 saturated carbocycles. The maximum absolute atomic E-state index is 10.8. The lowest BCUT2D eigenvalue weighted by Crippen LogP contribution is -2.26.